The molecular weight excluding hydrogens is 496 g/mol. The molecule has 7 heteroatoms. The minimum absolute atomic E-state index is 0.0154. The average molecular weight is 529 g/mol. The Hall–Kier alpha value is -3.68. The molecule has 2 amide bonds. The molecule has 0 N–H and O–H groups in total. The zero-order valence-corrected chi connectivity index (χ0v) is 22.6. The molecule has 6 nitrogen and oxygen atoms in total. The first-order chi connectivity index (χ1) is 18.6. The number of hydrogen-bond acceptors (Lipinski definition) is 5. The Kier molecular flexibility index (Phi) is 8.05. The molecule has 0 radical (unpaired) electrons. The Morgan fingerprint density at radius 2 is 1.79 bits per heavy atom. The van der Waals surface area contributed by atoms with Gasteiger partial charge in [-0.1, -0.05) is 42.5 Å². The number of methoxy groups -OCH3 is 2. The number of amides is 2. The molecular formula is C31H32N2O4S. The van der Waals surface area contributed by atoms with Crippen molar-refractivity contribution in [3.63, 3.8) is 0 Å². The second-order valence-corrected chi connectivity index (χ2v) is 10.4. The third-order valence-corrected chi connectivity index (χ3v) is 8.10. The molecule has 0 bridgehead atoms. The first-order valence-corrected chi connectivity index (χ1v) is 13.7. The van der Waals surface area contributed by atoms with Gasteiger partial charge in [0.25, 0.3) is 5.91 Å². The number of fused-ring (bicyclic) bond motifs is 2. The van der Waals surface area contributed by atoms with E-state index in [1.54, 1.807) is 30.5 Å². The largest absolute Gasteiger partial charge is 0.497 e. The highest BCUT2D eigenvalue weighted by molar-refractivity contribution is 7.10. The SMILES string of the molecule is COCCCN(CC(=O)N1CCc2sccc2C1c1ccc(OC)cc1)C(=O)c1ccc2ccccc2c1. The van der Waals surface area contributed by atoms with Crippen molar-refractivity contribution >= 4 is 33.9 Å². The predicted octanol–water partition coefficient (Wildman–Crippen LogP) is 5.56. The van der Waals surface area contributed by atoms with E-state index in [4.69, 9.17) is 9.47 Å². The Labute approximate surface area is 227 Å². The Bertz CT molecular complexity index is 1410. The average Bonchev–Trinajstić information content (AvgIpc) is 3.44. The third-order valence-electron chi connectivity index (χ3n) is 7.10. The van der Waals surface area contributed by atoms with Crippen molar-refractivity contribution in [1.29, 1.82) is 0 Å². The van der Waals surface area contributed by atoms with Crippen molar-refractivity contribution in [2.24, 2.45) is 0 Å². The minimum Gasteiger partial charge on any atom is -0.497 e. The van der Waals surface area contributed by atoms with Crippen LogP contribution < -0.4 is 4.74 Å². The van der Waals surface area contributed by atoms with Crippen LogP contribution >= 0.6 is 11.3 Å². The van der Waals surface area contributed by atoms with Gasteiger partial charge in [-0.3, -0.25) is 9.59 Å². The van der Waals surface area contributed by atoms with E-state index in [-0.39, 0.29) is 24.4 Å². The van der Waals surface area contributed by atoms with Crippen LogP contribution in [0.15, 0.2) is 78.2 Å². The lowest BCUT2D eigenvalue weighted by Gasteiger charge is -2.37. The summed E-state index contributed by atoms with van der Waals surface area (Å²) in [6, 6.07) is 23.5. The molecule has 4 aromatic rings. The van der Waals surface area contributed by atoms with E-state index in [2.05, 4.69) is 11.4 Å². The molecule has 0 saturated carbocycles. The molecule has 38 heavy (non-hydrogen) atoms. The number of nitrogens with zero attached hydrogens (tertiary/aromatic N) is 2. The van der Waals surface area contributed by atoms with Gasteiger partial charge < -0.3 is 19.3 Å². The van der Waals surface area contributed by atoms with Crippen molar-refractivity contribution in [1.82, 2.24) is 9.80 Å². The topological polar surface area (TPSA) is 59.1 Å². The zero-order chi connectivity index (χ0) is 26.5. The summed E-state index contributed by atoms with van der Waals surface area (Å²) < 4.78 is 10.6. The molecule has 1 aromatic heterocycles. The monoisotopic (exact) mass is 528 g/mol. The van der Waals surface area contributed by atoms with E-state index in [1.165, 1.54) is 4.88 Å². The second kappa shape index (κ2) is 11.8. The zero-order valence-electron chi connectivity index (χ0n) is 21.8. The molecule has 1 atom stereocenters. The van der Waals surface area contributed by atoms with Gasteiger partial charge in [0, 0.05) is 37.2 Å². The van der Waals surface area contributed by atoms with Crippen molar-refractivity contribution in [2.75, 3.05) is 40.5 Å². The third kappa shape index (κ3) is 5.44. The molecule has 1 unspecified atom stereocenters. The van der Waals surface area contributed by atoms with E-state index >= 15 is 0 Å². The lowest BCUT2D eigenvalue weighted by Crippen LogP contribution is -2.47. The first kappa shape index (κ1) is 25.9. The van der Waals surface area contributed by atoms with Crippen LogP contribution in [0, 0.1) is 0 Å². The molecule has 0 fully saturated rings. The van der Waals surface area contributed by atoms with E-state index in [9.17, 15) is 9.59 Å². The number of hydrogen-bond donors (Lipinski definition) is 0. The number of carbonyl (C=O) groups excluding carboxylic acids is 2. The quantitative estimate of drug-likeness (QED) is 0.267. The molecule has 0 aliphatic carbocycles. The van der Waals surface area contributed by atoms with Crippen LogP contribution in [0.3, 0.4) is 0 Å². The van der Waals surface area contributed by atoms with Crippen LogP contribution in [0.4, 0.5) is 0 Å². The number of rotatable bonds is 9. The van der Waals surface area contributed by atoms with Crippen LogP contribution in [-0.2, 0) is 16.0 Å². The fourth-order valence-corrected chi connectivity index (χ4v) is 6.05. The standard InChI is InChI=1S/C31H32N2O4S/c1-36-18-5-16-32(31(35)25-9-8-22-6-3-4-7-24(22)20-25)21-29(34)33-17-14-28-27(15-19-38-28)30(33)23-10-12-26(37-2)13-11-23/h3-4,6-13,15,19-20,30H,5,14,16-18,21H2,1-2H3. The molecule has 0 saturated heterocycles. The molecule has 1 aliphatic heterocycles. The van der Waals surface area contributed by atoms with E-state index in [0.717, 1.165) is 34.1 Å². The smallest absolute Gasteiger partial charge is 0.254 e. The second-order valence-electron chi connectivity index (χ2n) is 9.45. The van der Waals surface area contributed by atoms with Crippen LogP contribution in [0.25, 0.3) is 10.8 Å². The molecule has 3 aromatic carbocycles. The van der Waals surface area contributed by atoms with Crippen LogP contribution in [0.2, 0.25) is 0 Å². The Morgan fingerprint density at radius 3 is 2.55 bits per heavy atom. The van der Waals surface area contributed by atoms with Crippen LogP contribution in [0.1, 0.15) is 38.8 Å². The van der Waals surface area contributed by atoms with Gasteiger partial charge in [-0.05, 0) is 70.5 Å². The fraction of sp³-hybridized carbons (Fsp3) is 0.290. The molecule has 196 valence electrons. The summed E-state index contributed by atoms with van der Waals surface area (Å²) >= 11 is 1.73. The highest BCUT2D eigenvalue weighted by Gasteiger charge is 2.34. The summed E-state index contributed by atoms with van der Waals surface area (Å²) in [5.74, 6) is 0.571. The van der Waals surface area contributed by atoms with E-state index in [0.29, 0.717) is 31.7 Å². The maximum atomic E-state index is 13.9. The maximum Gasteiger partial charge on any atom is 0.254 e. The lowest BCUT2D eigenvalue weighted by molar-refractivity contribution is -0.134. The van der Waals surface area contributed by atoms with Gasteiger partial charge in [-0.25, -0.2) is 0 Å². The predicted molar refractivity (Wildman–Crippen MR) is 151 cm³/mol. The van der Waals surface area contributed by atoms with E-state index in [1.807, 2.05) is 71.6 Å². The summed E-state index contributed by atoms with van der Waals surface area (Å²) in [6.45, 7) is 1.59. The van der Waals surface area contributed by atoms with Crippen molar-refractivity contribution < 1.29 is 19.1 Å². The fourth-order valence-electron chi connectivity index (χ4n) is 5.14. The molecule has 2 heterocycles. The maximum absolute atomic E-state index is 13.9. The molecule has 0 spiro atoms. The number of benzene rings is 3. The van der Waals surface area contributed by atoms with Crippen molar-refractivity contribution in [2.45, 2.75) is 18.9 Å². The molecule has 1 aliphatic rings. The summed E-state index contributed by atoms with van der Waals surface area (Å²) in [7, 11) is 3.29. The van der Waals surface area contributed by atoms with E-state index < -0.39 is 0 Å². The van der Waals surface area contributed by atoms with Gasteiger partial charge >= 0.3 is 0 Å². The summed E-state index contributed by atoms with van der Waals surface area (Å²) in [5.41, 5.74) is 2.77. The van der Waals surface area contributed by atoms with Gasteiger partial charge in [-0.2, -0.15) is 0 Å². The summed E-state index contributed by atoms with van der Waals surface area (Å²) in [6.07, 6.45) is 1.47. The normalized spacial score (nSPS) is 14.8. The van der Waals surface area contributed by atoms with Crippen LogP contribution in [0.5, 0.6) is 5.75 Å². The summed E-state index contributed by atoms with van der Waals surface area (Å²) in [4.78, 5) is 32.5. The highest BCUT2D eigenvalue weighted by atomic mass is 32.1. The van der Waals surface area contributed by atoms with Gasteiger partial charge in [-0.15, -0.1) is 11.3 Å². The minimum atomic E-state index is -0.194. The summed E-state index contributed by atoms with van der Waals surface area (Å²) in [5, 5.41) is 4.17. The number of carbonyl (C=O) groups is 2. The Morgan fingerprint density at radius 1 is 1.00 bits per heavy atom. The van der Waals surface area contributed by atoms with Gasteiger partial charge in [0.15, 0.2) is 0 Å². The Balaban J connectivity index is 1.42. The number of ether oxygens (including phenoxy) is 2. The highest BCUT2D eigenvalue weighted by Crippen LogP contribution is 2.38. The van der Waals surface area contributed by atoms with Crippen molar-refractivity contribution in [3.05, 3.63) is 99.7 Å². The lowest BCUT2D eigenvalue weighted by atomic mass is 9.93. The van der Waals surface area contributed by atoms with Gasteiger partial charge in [0.1, 0.15) is 12.3 Å². The van der Waals surface area contributed by atoms with Gasteiger partial charge in [0.05, 0.1) is 13.2 Å². The van der Waals surface area contributed by atoms with Crippen LogP contribution in [-0.4, -0.2) is 62.1 Å². The van der Waals surface area contributed by atoms with Crippen molar-refractivity contribution in [3.8, 4) is 5.75 Å². The molecule has 5 rings (SSSR count). The van der Waals surface area contributed by atoms with Gasteiger partial charge in [0.2, 0.25) is 5.91 Å². The number of thiophene rings is 1. The first-order valence-electron chi connectivity index (χ1n) is 12.9.